The van der Waals surface area contributed by atoms with Gasteiger partial charge in [-0.1, -0.05) is 13.8 Å². The number of rotatable bonds is 2. The molecule has 0 heterocycles. The standard InChI is InChI=1S/C5H12N.2C2H6O.Ti/c1-4-6(3)5-2;2*1-2-3;/h3-5H2,1-2H3;2*3H,2H2,1H3;/q-1;;;. The van der Waals surface area contributed by atoms with Gasteiger partial charge in [-0.2, -0.15) is 0 Å². The van der Waals surface area contributed by atoms with Crippen LogP contribution in [0, 0.1) is 7.05 Å². The first-order valence-electron chi connectivity index (χ1n) is 4.41. The summed E-state index contributed by atoms with van der Waals surface area (Å²) in [5.74, 6) is 0. The summed E-state index contributed by atoms with van der Waals surface area (Å²) in [5, 5.41) is 15.1. The number of aliphatic hydroxyl groups excluding tert-OH is 2. The Balaban J connectivity index is -0.0000000501. The molecule has 0 aromatic carbocycles. The molecule has 0 atom stereocenters. The van der Waals surface area contributed by atoms with Gasteiger partial charge in [-0.25, -0.2) is 0 Å². The molecule has 2 N–H and O–H groups in total. The van der Waals surface area contributed by atoms with Gasteiger partial charge in [0.05, 0.1) is 0 Å². The summed E-state index contributed by atoms with van der Waals surface area (Å²) in [6.07, 6.45) is 0. The number of hydrogen-bond acceptors (Lipinski definition) is 3. The van der Waals surface area contributed by atoms with E-state index in [0.717, 1.165) is 13.1 Å². The first kappa shape index (κ1) is 23.4. The molecular weight excluding hydrogens is 202 g/mol. The van der Waals surface area contributed by atoms with Gasteiger partial charge in [0.2, 0.25) is 0 Å². The van der Waals surface area contributed by atoms with Gasteiger partial charge in [0, 0.05) is 34.9 Å². The molecule has 0 aliphatic rings. The minimum atomic E-state index is 0. The number of hydrogen-bond donors (Lipinski definition) is 2. The zero-order valence-corrected chi connectivity index (χ0v) is 10.9. The van der Waals surface area contributed by atoms with Crippen LogP contribution in [0.4, 0.5) is 0 Å². The second kappa shape index (κ2) is 29.4. The van der Waals surface area contributed by atoms with Crippen molar-refractivity contribution in [3.05, 3.63) is 7.05 Å². The van der Waals surface area contributed by atoms with Crippen LogP contribution in [0.3, 0.4) is 0 Å². The third kappa shape index (κ3) is 67.0. The zero-order valence-electron chi connectivity index (χ0n) is 9.38. The second-order valence-corrected chi connectivity index (χ2v) is 1.94. The van der Waals surface area contributed by atoms with Gasteiger partial charge in [-0.3, -0.25) is 7.05 Å². The van der Waals surface area contributed by atoms with Crippen molar-refractivity contribution < 1.29 is 31.9 Å². The first-order chi connectivity index (χ1) is 5.64. The van der Waals surface area contributed by atoms with Crippen molar-refractivity contribution in [3.8, 4) is 0 Å². The van der Waals surface area contributed by atoms with E-state index in [4.69, 9.17) is 10.2 Å². The van der Waals surface area contributed by atoms with Crippen LogP contribution in [0.25, 0.3) is 0 Å². The molecule has 13 heavy (non-hydrogen) atoms. The molecule has 0 amide bonds. The number of aliphatic hydroxyl groups is 2. The Hall–Kier alpha value is 0.594. The summed E-state index contributed by atoms with van der Waals surface area (Å²) in [6, 6.07) is 0. The maximum atomic E-state index is 7.57. The Morgan fingerprint density at radius 3 is 1.08 bits per heavy atom. The maximum Gasteiger partial charge on any atom is 0.0402 e. The predicted molar refractivity (Wildman–Crippen MR) is 53.8 cm³/mol. The maximum absolute atomic E-state index is 7.57. The average molecular weight is 226 g/mol. The SMILES string of the molecule is CCO.CCO.[CH2-]N(CC)CC.[Ti]. The van der Waals surface area contributed by atoms with E-state index in [1.165, 1.54) is 0 Å². The molecule has 0 aromatic rings. The minimum absolute atomic E-state index is 0. The monoisotopic (exact) mass is 226 g/mol. The van der Waals surface area contributed by atoms with Gasteiger partial charge in [0.15, 0.2) is 0 Å². The van der Waals surface area contributed by atoms with Crippen molar-refractivity contribution in [1.82, 2.24) is 4.90 Å². The quantitative estimate of drug-likeness (QED) is 0.547. The zero-order chi connectivity index (χ0) is 10.4. The molecule has 0 spiro atoms. The van der Waals surface area contributed by atoms with Crippen LogP contribution in [0.2, 0.25) is 0 Å². The Morgan fingerprint density at radius 2 is 1.08 bits per heavy atom. The molecule has 0 rings (SSSR count). The normalized spacial score (nSPS) is 7.38. The van der Waals surface area contributed by atoms with E-state index in [1.54, 1.807) is 13.8 Å². The van der Waals surface area contributed by atoms with E-state index in [2.05, 4.69) is 20.9 Å². The summed E-state index contributed by atoms with van der Waals surface area (Å²) in [4.78, 5) is 2.00. The topological polar surface area (TPSA) is 43.7 Å². The molecule has 0 unspecified atom stereocenters. The van der Waals surface area contributed by atoms with Gasteiger partial charge in [0.1, 0.15) is 0 Å². The second-order valence-electron chi connectivity index (χ2n) is 1.94. The summed E-state index contributed by atoms with van der Waals surface area (Å²) in [5.41, 5.74) is 0. The van der Waals surface area contributed by atoms with Crippen LogP contribution in [0.5, 0.6) is 0 Å². The van der Waals surface area contributed by atoms with Crippen molar-refractivity contribution >= 4 is 0 Å². The van der Waals surface area contributed by atoms with Crippen LogP contribution in [0.1, 0.15) is 27.7 Å². The van der Waals surface area contributed by atoms with Crippen LogP contribution in [-0.2, 0) is 21.7 Å². The average Bonchev–Trinajstić information content (AvgIpc) is 2.06. The van der Waals surface area contributed by atoms with Crippen molar-refractivity contribution in [2.75, 3.05) is 26.3 Å². The van der Waals surface area contributed by atoms with Crippen LogP contribution < -0.4 is 0 Å². The third-order valence-corrected chi connectivity index (χ3v) is 0.894. The van der Waals surface area contributed by atoms with Crippen molar-refractivity contribution in [2.24, 2.45) is 0 Å². The molecule has 0 bridgehead atoms. The molecule has 0 aromatic heterocycles. The Kier molecular flexibility index (Phi) is 52.9. The van der Waals surface area contributed by atoms with E-state index < -0.39 is 0 Å². The third-order valence-electron chi connectivity index (χ3n) is 0.894. The summed E-state index contributed by atoms with van der Waals surface area (Å²) in [6.45, 7) is 10.2. The van der Waals surface area contributed by atoms with Crippen LogP contribution in [0.15, 0.2) is 0 Å². The molecule has 0 saturated carbocycles. The van der Waals surface area contributed by atoms with Gasteiger partial charge >= 0.3 is 0 Å². The number of nitrogens with zero attached hydrogens (tertiary/aromatic N) is 1. The molecule has 4 heteroatoms. The van der Waals surface area contributed by atoms with Crippen molar-refractivity contribution in [2.45, 2.75) is 27.7 Å². The summed E-state index contributed by atoms with van der Waals surface area (Å²) < 4.78 is 0. The summed E-state index contributed by atoms with van der Waals surface area (Å²) >= 11 is 0. The molecular formula is C9H24NO2Ti-. The van der Waals surface area contributed by atoms with E-state index in [0.29, 0.717) is 0 Å². The van der Waals surface area contributed by atoms with E-state index in [1.807, 2.05) is 4.90 Å². The van der Waals surface area contributed by atoms with E-state index in [9.17, 15) is 0 Å². The van der Waals surface area contributed by atoms with Crippen molar-refractivity contribution in [1.29, 1.82) is 0 Å². The molecule has 0 saturated heterocycles. The van der Waals surface area contributed by atoms with Crippen LogP contribution in [-0.4, -0.2) is 41.4 Å². The van der Waals surface area contributed by atoms with Gasteiger partial charge < -0.3 is 15.1 Å². The molecule has 82 valence electrons. The largest absolute Gasteiger partial charge is 0.460 e. The van der Waals surface area contributed by atoms with Gasteiger partial charge in [0.25, 0.3) is 0 Å². The Labute approximate surface area is 98.0 Å². The first-order valence-corrected chi connectivity index (χ1v) is 4.41. The van der Waals surface area contributed by atoms with Crippen molar-refractivity contribution in [3.63, 3.8) is 0 Å². The van der Waals surface area contributed by atoms with Gasteiger partial charge in [-0.05, 0) is 26.9 Å². The Morgan fingerprint density at radius 1 is 0.923 bits per heavy atom. The Bertz CT molecular complexity index is 50.9. The minimum Gasteiger partial charge on any atom is -0.460 e. The van der Waals surface area contributed by atoms with Gasteiger partial charge in [-0.15, -0.1) is 0 Å². The fourth-order valence-electron chi connectivity index (χ4n) is 0.224. The molecule has 0 aliphatic heterocycles. The fourth-order valence-corrected chi connectivity index (χ4v) is 0.224. The smallest absolute Gasteiger partial charge is 0.0402 e. The molecule has 0 radical (unpaired) electrons. The molecule has 0 fully saturated rings. The van der Waals surface area contributed by atoms with E-state index in [-0.39, 0.29) is 34.9 Å². The van der Waals surface area contributed by atoms with E-state index >= 15 is 0 Å². The summed E-state index contributed by atoms with van der Waals surface area (Å²) in [7, 11) is 3.71. The molecule has 3 nitrogen and oxygen atoms in total. The fraction of sp³-hybridized carbons (Fsp3) is 0.889. The predicted octanol–water partition coefficient (Wildman–Crippen LogP) is 1.11. The van der Waals surface area contributed by atoms with Crippen LogP contribution >= 0.6 is 0 Å². The molecule has 0 aliphatic carbocycles.